The maximum absolute atomic E-state index is 5.48. The third-order valence-electron chi connectivity index (χ3n) is 3.40. The van der Waals surface area contributed by atoms with E-state index in [2.05, 4.69) is 63.2 Å². The van der Waals surface area contributed by atoms with Crippen molar-refractivity contribution in [3.8, 4) is 5.69 Å². The molecule has 19 heavy (non-hydrogen) atoms. The summed E-state index contributed by atoms with van der Waals surface area (Å²) in [4.78, 5) is 3.19. The van der Waals surface area contributed by atoms with Crippen molar-refractivity contribution in [2.45, 2.75) is 47.0 Å². The van der Waals surface area contributed by atoms with Crippen LogP contribution in [0.1, 0.15) is 43.2 Å². The second-order valence-electron chi connectivity index (χ2n) is 6.31. The second kappa shape index (κ2) is 4.64. The zero-order chi connectivity index (χ0) is 14.4. The highest BCUT2D eigenvalue weighted by molar-refractivity contribution is 7.71. The van der Waals surface area contributed by atoms with Gasteiger partial charge in [0.1, 0.15) is 0 Å². The van der Waals surface area contributed by atoms with Gasteiger partial charge in [-0.25, -0.2) is 0 Å². The van der Waals surface area contributed by atoms with Crippen LogP contribution in [0.2, 0.25) is 0 Å². The van der Waals surface area contributed by atoms with Crippen LogP contribution >= 0.6 is 12.2 Å². The maximum Gasteiger partial charge on any atom is 0.182 e. The van der Waals surface area contributed by atoms with Gasteiger partial charge in [-0.2, -0.15) is 0 Å². The lowest BCUT2D eigenvalue weighted by atomic mass is 9.92. The number of hydrogen-bond acceptors (Lipinski definition) is 1. The molecule has 0 aliphatic heterocycles. The monoisotopic (exact) mass is 274 g/mol. The molecule has 1 aromatic heterocycles. The van der Waals surface area contributed by atoms with Gasteiger partial charge in [-0.3, -0.25) is 4.57 Å². The average molecular weight is 274 g/mol. The van der Waals surface area contributed by atoms with Gasteiger partial charge in [-0.1, -0.05) is 38.5 Å². The lowest BCUT2D eigenvalue weighted by molar-refractivity contribution is 0.555. The van der Waals surface area contributed by atoms with E-state index in [-0.39, 0.29) is 5.41 Å². The molecule has 1 aromatic carbocycles. The third kappa shape index (κ3) is 2.52. The van der Waals surface area contributed by atoms with Crippen molar-refractivity contribution in [3.63, 3.8) is 0 Å². The molecule has 0 saturated carbocycles. The molecular weight excluding hydrogens is 252 g/mol. The Morgan fingerprint density at radius 1 is 1.05 bits per heavy atom. The number of aromatic nitrogens is 2. The van der Waals surface area contributed by atoms with Crippen molar-refractivity contribution < 1.29 is 0 Å². The van der Waals surface area contributed by atoms with Gasteiger partial charge in [-0.15, -0.1) is 0 Å². The number of imidazole rings is 1. The molecule has 0 unspecified atom stereocenters. The van der Waals surface area contributed by atoms with Crippen LogP contribution in [0.5, 0.6) is 0 Å². The number of hydrogen-bond donors (Lipinski definition) is 1. The SMILES string of the molecule is Cc1cc(C)c(-n2c(C(C)(C)C)c[nH]c2=S)c(C)c1. The van der Waals surface area contributed by atoms with Crippen molar-refractivity contribution in [1.29, 1.82) is 0 Å². The highest BCUT2D eigenvalue weighted by Crippen LogP contribution is 2.29. The van der Waals surface area contributed by atoms with Crippen molar-refractivity contribution in [3.05, 3.63) is 45.5 Å². The summed E-state index contributed by atoms with van der Waals surface area (Å²) in [7, 11) is 0. The molecule has 0 atom stereocenters. The molecule has 0 aliphatic carbocycles. The zero-order valence-electron chi connectivity index (χ0n) is 12.6. The van der Waals surface area contributed by atoms with E-state index in [1.54, 1.807) is 0 Å². The van der Waals surface area contributed by atoms with Gasteiger partial charge in [0.15, 0.2) is 4.77 Å². The van der Waals surface area contributed by atoms with Crippen LogP contribution < -0.4 is 0 Å². The molecule has 1 heterocycles. The topological polar surface area (TPSA) is 20.7 Å². The summed E-state index contributed by atoms with van der Waals surface area (Å²) in [5.41, 5.74) is 6.29. The van der Waals surface area contributed by atoms with Gasteiger partial charge in [0, 0.05) is 17.3 Å². The maximum atomic E-state index is 5.48. The van der Waals surface area contributed by atoms with Gasteiger partial charge in [0.05, 0.1) is 5.69 Å². The van der Waals surface area contributed by atoms with Crippen molar-refractivity contribution in [2.24, 2.45) is 0 Å². The minimum Gasteiger partial charge on any atom is -0.337 e. The molecule has 2 nitrogen and oxygen atoms in total. The van der Waals surface area contributed by atoms with Crippen molar-refractivity contribution in [2.75, 3.05) is 0 Å². The van der Waals surface area contributed by atoms with Crippen LogP contribution in [0.3, 0.4) is 0 Å². The third-order valence-corrected chi connectivity index (χ3v) is 3.70. The fourth-order valence-corrected chi connectivity index (χ4v) is 2.92. The van der Waals surface area contributed by atoms with Crippen LogP contribution in [0, 0.1) is 25.5 Å². The van der Waals surface area contributed by atoms with Gasteiger partial charge in [-0.05, 0) is 44.1 Å². The second-order valence-corrected chi connectivity index (χ2v) is 6.70. The Balaban J connectivity index is 2.81. The Kier molecular flexibility index (Phi) is 3.43. The quantitative estimate of drug-likeness (QED) is 0.744. The first kappa shape index (κ1) is 14.1. The normalized spacial score (nSPS) is 11.9. The Morgan fingerprint density at radius 3 is 2.05 bits per heavy atom. The first-order valence-electron chi connectivity index (χ1n) is 6.61. The molecule has 3 heteroatoms. The number of rotatable bonds is 1. The van der Waals surface area contributed by atoms with Gasteiger partial charge >= 0.3 is 0 Å². The van der Waals surface area contributed by atoms with E-state index in [1.165, 1.54) is 28.1 Å². The lowest BCUT2D eigenvalue weighted by Gasteiger charge is -2.23. The number of nitrogens with one attached hydrogen (secondary N) is 1. The van der Waals surface area contributed by atoms with E-state index < -0.39 is 0 Å². The summed E-state index contributed by atoms with van der Waals surface area (Å²) in [6.07, 6.45) is 2.03. The van der Waals surface area contributed by atoms with Gasteiger partial charge < -0.3 is 4.98 Å². The van der Waals surface area contributed by atoms with E-state index >= 15 is 0 Å². The summed E-state index contributed by atoms with van der Waals surface area (Å²) in [5, 5.41) is 0. The Labute approximate surface area is 120 Å². The van der Waals surface area contributed by atoms with Gasteiger partial charge in [0.2, 0.25) is 0 Å². The summed E-state index contributed by atoms with van der Waals surface area (Å²) in [6.45, 7) is 13.1. The fourth-order valence-electron chi connectivity index (χ4n) is 2.67. The van der Waals surface area contributed by atoms with E-state index in [9.17, 15) is 0 Å². The Morgan fingerprint density at radius 2 is 1.58 bits per heavy atom. The van der Waals surface area contributed by atoms with Crippen LogP contribution in [0.15, 0.2) is 18.3 Å². The number of benzene rings is 1. The van der Waals surface area contributed by atoms with Crippen molar-refractivity contribution in [1.82, 2.24) is 9.55 Å². The molecular formula is C16H22N2S. The van der Waals surface area contributed by atoms with Crippen LogP contribution in [0.25, 0.3) is 5.69 Å². The molecule has 0 aliphatic rings. The minimum atomic E-state index is 0.0529. The number of aryl methyl sites for hydroxylation is 3. The highest BCUT2D eigenvalue weighted by atomic mass is 32.1. The first-order valence-corrected chi connectivity index (χ1v) is 7.02. The predicted octanol–water partition coefficient (Wildman–Crippen LogP) is 4.76. The standard InChI is InChI=1S/C16H22N2S/c1-10-7-11(2)14(12(3)8-10)18-13(16(4,5)6)9-17-15(18)19/h7-9H,1-6H3,(H,17,19). The number of aromatic amines is 1. The molecule has 0 saturated heterocycles. The molecule has 0 bridgehead atoms. The molecule has 1 N–H and O–H groups in total. The van der Waals surface area contributed by atoms with Gasteiger partial charge in [0.25, 0.3) is 0 Å². The minimum absolute atomic E-state index is 0.0529. The Bertz CT molecular complexity index is 646. The van der Waals surface area contributed by atoms with Crippen molar-refractivity contribution >= 4 is 12.2 Å². The molecule has 0 fully saturated rings. The molecule has 2 aromatic rings. The zero-order valence-corrected chi connectivity index (χ0v) is 13.4. The molecule has 2 rings (SSSR count). The van der Waals surface area contributed by atoms with Crippen LogP contribution in [-0.4, -0.2) is 9.55 Å². The summed E-state index contributed by atoms with van der Waals surface area (Å²) in [5.74, 6) is 0. The average Bonchev–Trinajstić information content (AvgIpc) is 2.59. The molecule has 102 valence electrons. The number of nitrogens with zero attached hydrogens (tertiary/aromatic N) is 1. The van der Waals surface area contributed by atoms with Crippen LogP contribution in [-0.2, 0) is 5.41 Å². The largest absolute Gasteiger partial charge is 0.337 e. The molecule has 0 spiro atoms. The highest BCUT2D eigenvalue weighted by Gasteiger charge is 2.21. The summed E-state index contributed by atoms with van der Waals surface area (Å²) < 4.78 is 2.94. The van der Waals surface area contributed by atoms with E-state index in [1.807, 2.05) is 6.20 Å². The smallest absolute Gasteiger partial charge is 0.182 e. The predicted molar refractivity (Wildman–Crippen MR) is 83.9 cm³/mol. The summed E-state index contributed by atoms with van der Waals surface area (Å²) in [6, 6.07) is 4.42. The number of H-pyrrole nitrogens is 1. The fraction of sp³-hybridized carbons (Fsp3) is 0.438. The van der Waals surface area contributed by atoms with E-state index in [0.717, 1.165) is 4.77 Å². The first-order chi connectivity index (χ1) is 8.71. The Hall–Kier alpha value is -1.35. The van der Waals surface area contributed by atoms with Crippen LogP contribution in [0.4, 0.5) is 0 Å². The lowest BCUT2D eigenvalue weighted by Crippen LogP contribution is -2.18. The summed E-state index contributed by atoms with van der Waals surface area (Å²) >= 11 is 5.48. The van der Waals surface area contributed by atoms with E-state index in [4.69, 9.17) is 12.2 Å². The van der Waals surface area contributed by atoms with E-state index in [0.29, 0.717) is 0 Å². The molecule has 0 amide bonds. The molecule has 0 radical (unpaired) electrons.